The largest absolute Gasteiger partial charge is 0.379 e. The van der Waals surface area contributed by atoms with Gasteiger partial charge < -0.3 is 14.8 Å². The van der Waals surface area contributed by atoms with E-state index in [9.17, 15) is 4.79 Å². The molecule has 0 bridgehead atoms. The molecule has 1 unspecified atom stereocenters. The molecule has 0 radical (unpaired) electrons. The number of amides is 1. The zero-order chi connectivity index (χ0) is 27.1. The lowest BCUT2D eigenvalue weighted by Crippen LogP contribution is -2.39. The Kier molecular flexibility index (Phi) is 15.0. The number of benzene rings is 1. The van der Waals surface area contributed by atoms with Gasteiger partial charge in [-0.15, -0.1) is 18.2 Å². The van der Waals surface area contributed by atoms with Gasteiger partial charge in [0.05, 0.1) is 19.8 Å². The molecule has 5 heteroatoms. The number of carbonyl (C=O) groups excluding carboxylic acids is 1. The Hall–Kier alpha value is -1.36. The maximum absolute atomic E-state index is 12.7. The molecular weight excluding hydrogens is 470 g/mol. The maximum Gasteiger partial charge on any atom is 0.251 e. The molecule has 1 aromatic carbocycles. The predicted octanol–water partition coefficient (Wildman–Crippen LogP) is 7.98. The Morgan fingerprint density at radius 1 is 0.972 bits per heavy atom. The molecule has 0 aliphatic carbocycles. The second-order valence-corrected chi connectivity index (χ2v) is 12.5. The van der Waals surface area contributed by atoms with E-state index in [1.165, 1.54) is 12.0 Å². The van der Waals surface area contributed by atoms with Crippen molar-refractivity contribution < 1.29 is 14.3 Å². The number of unbranched alkanes of at least 4 members (excludes halogenated alkanes) is 2. The van der Waals surface area contributed by atoms with E-state index < -0.39 is 0 Å². The third kappa shape index (κ3) is 12.7. The SMILES string of the molecule is C=CCCc1ccc(C(=O)NCC(C)(CCC)COCCOCCCCCC(C)(C)C(C)(C)Cl)cc1. The van der Waals surface area contributed by atoms with Crippen molar-refractivity contribution in [3.8, 4) is 0 Å². The number of aryl methyl sites for hydroxylation is 1. The van der Waals surface area contributed by atoms with Gasteiger partial charge in [0.15, 0.2) is 0 Å². The molecule has 1 amide bonds. The molecule has 1 aromatic rings. The molecule has 4 nitrogen and oxygen atoms in total. The Labute approximate surface area is 226 Å². The highest BCUT2D eigenvalue weighted by atomic mass is 35.5. The molecule has 0 aliphatic rings. The van der Waals surface area contributed by atoms with Gasteiger partial charge in [-0.1, -0.05) is 65.2 Å². The molecule has 0 fully saturated rings. The highest BCUT2D eigenvalue weighted by Gasteiger charge is 2.34. The van der Waals surface area contributed by atoms with Gasteiger partial charge in [0.1, 0.15) is 0 Å². The van der Waals surface area contributed by atoms with Gasteiger partial charge in [-0.3, -0.25) is 4.79 Å². The van der Waals surface area contributed by atoms with E-state index in [4.69, 9.17) is 21.1 Å². The number of ether oxygens (including phenoxy) is 2. The maximum atomic E-state index is 12.7. The quantitative estimate of drug-likeness (QED) is 0.107. The highest BCUT2D eigenvalue weighted by Crippen LogP contribution is 2.40. The summed E-state index contributed by atoms with van der Waals surface area (Å²) >= 11 is 6.51. The number of allylic oxidation sites excluding steroid dienone is 1. The zero-order valence-corrected chi connectivity index (χ0v) is 24.6. The van der Waals surface area contributed by atoms with Crippen LogP contribution in [0.3, 0.4) is 0 Å². The summed E-state index contributed by atoms with van der Waals surface area (Å²) in [5, 5.41) is 3.11. The van der Waals surface area contributed by atoms with Crippen molar-refractivity contribution in [3.05, 3.63) is 48.0 Å². The molecule has 0 saturated heterocycles. The lowest BCUT2D eigenvalue weighted by Gasteiger charge is -2.36. The van der Waals surface area contributed by atoms with Crippen LogP contribution >= 0.6 is 11.6 Å². The van der Waals surface area contributed by atoms with E-state index in [1.54, 1.807) is 0 Å². The van der Waals surface area contributed by atoms with E-state index in [1.807, 2.05) is 30.3 Å². The van der Waals surface area contributed by atoms with Crippen molar-refractivity contribution in [2.45, 2.75) is 97.8 Å². The number of alkyl halides is 1. The fraction of sp³-hybridized carbons (Fsp3) is 0.710. The first-order valence-electron chi connectivity index (χ1n) is 13.8. The standard InChI is InChI=1S/C31H52ClNO3/c1-8-10-14-26-15-17-27(18-16-26)28(34)33-24-31(7,19-9-2)25-36-23-22-35-21-13-11-12-20-29(3,4)30(5,6)32/h8,15-18H,1,9-14,19-25H2,2-7H3,(H,33,34). The minimum Gasteiger partial charge on any atom is -0.379 e. The lowest BCUT2D eigenvalue weighted by atomic mass is 9.76. The van der Waals surface area contributed by atoms with Crippen LogP contribution < -0.4 is 5.32 Å². The number of nitrogens with one attached hydrogen (secondary N) is 1. The van der Waals surface area contributed by atoms with E-state index in [0.717, 1.165) is 51.6 Å². The van der Waals surface area contributed by atoms with Crippen LogP contribution in [0.25, 0.3) is 0 Å². The van der Waals surface area contributed by atoms with Crippen LogP contribution in [-0.2, 0) is 15.9 Å². The summed E-state index contributed by atoms with van der Waals surface area (Å²) in [5.74, 6) is -0.0334. The number of carbonyl (C=O) groups is 1. The van der Waals surface area contributed by atoms with Crippen molar-refractivity contribution in [2.24, 2.45) is 10.8 Å². The van der Waals surface area contributed by atoms with Gasteiger partial charge >= 0.3 is 0 Å². The van der Waals surface area contributed by atoms with Crippen molar-refractivity contribution in [3.63, 3.8) is 0 Å². The van der Waals surface area contributed by atoms with Crippen molar-refractivity contribution in [1.29, 1.82) is 0 Å². The Balaban J connectivity index is 2.26. The minimum atomic E-state index is -0.188. The first-order chi connectivity index (χ1) is 16.9. The van der Waals surface area contributed by atoms with Gasteiger partial charge in [-0.2, -0.15) is 0 Å². The monoisotopic (exact) mass is 521 g/mol. The van der Waals surface area contributed by atoms with Crippen molar-refractivity contribution in [1.82, 2.24) is 5.32 Å². The van der Waals surface area contributed by atoms with E-state index >= 15 is 0 Å². The van der Waals surface area contributed by atoms with Gasteiger partial charge in [-0.25, -0.2) is 0 Å². The molecule has 0 saturated carbocycles. The van der Waals surface area contributed by atoms with Crippen molar-refractivity contribution >= 4 is 17.5 Å². The van der Waals surface area contributed by atoms with Crippen LogP contribution in [0.5, 0.6) is 0 Å². The van der Waals surface area contributed by atoms with Crippen LogP contribution in [0.2, 0.25) is 0 Å². The summed E-state index contributed by atoms with van der Waals surface area (Å²) in [6.45, 7) is 19.9. The molecule has 1 rings (SSSR count). The summed E-state index contributed by atoms with van der Waals surface area (Å²) in [6.07, 6.45) is 10.4. The summed E-state index contributed by atoms with van der Waals surface area (Å²) in [4.78, 5) is 12.5. The van der Waals surface area contributed by atoms with Crippen LogP contribution in [0, 0.1) is 10.8 Å². The van der Waals surface area contributed by atoms with E-state index in [2.05, 4.69) is 53.4 Å². The lowest BCUT2D eigenvalue weighted by molar-refractivity contribution is 0.00638. The second kappa shape index (κ2) is 16.5. The molecule has 1 atom stereocenters. The fourth-order valence-electron chi connectivity index (χ4n) is 4.09. The summed E-state index contributed by atoms with van der Waals surface area (Å²) in [5.41, 5.74) is 1.94. The number of rotatable bonds is 20. The summed E-state index contributed by atoms with van der Waals surface area (Å²) in [7, 11) is 0. The molecule has 1 N–H and O–H groups in total. The normalized spacial score (nSPS) is 13.9. The minimum absolute atomic E-state index is 0.0334. The third-order valence-corrected chi connectivity index (χ3v) is 7.92. The molecule has 0 spiro atoms. The molecule has 0 aliphatic heterocycles. The van der Waals surface area contributed by atoms with Gasteiger partial charge in [0, 0.05) is 29.0 Å². The predicted molar refractivity (Wildman–Crippen MR) is 154 cm³/mol. The Morgan fingerprint density at radius 3 is 2.25 bits per heavy atom. The topological polar surface area (TPSA) is 47.6 Å². The van der Waals surface area contributed by atoms with Gasteiger partial charge in [0.25, 0.3) is 5.91 Å². The summed E-state index contributed by atoms with van der Waals surface area (Å²) in [6, 6.07) is 7.85. The molecular formula is C31H52ClNO3. The van der Waals surface area contributed by atoms with E-state index in [-0.39, 0.29) is 21.6 Å². The Morgan fingerprint density at radius 2 is 1.64 bits per heavy atom. The third-order valence-electron chi connectivity index (χ3n) is 7.40. The molecule has 0 heterocycles. The average Bonchev–Trinajstić information content (AvgIpc) is 2.82. The van der Waals surface area contributed by atoms with Gasteiger partial charge in [-0.05, 0) is 69.1 Å². The number of hydrogen-bond donors (Lipinski definition) is 1. The molecule has 0 aromatic heterocycles. The number of hydrogen-bond acceptors (Lipinski definition) is 3. The molecule has 36 heavy (non-hydrogen) atoms. The number of halogens is 1. The first-order valence-corrected chi connectivity index (χ1v) is 14.1. The van der Waals surface area contributed by atoms with Crippen LogP contribution in [-0.4, -0.2) is 43.8 Å². The second-order valence-electron chi connectivity index (χ2n) is 11.6. The van der Waals surface area contributed by atoms with Crippen LogP contribution in [0.15, 0.2) is 36.9 Å². The van der Waals surface area contributed by atoms with Crippen molar-refractivity contribution in [2.75, 3.05) is 33.0 Å². The fourth-order valence-corrected chi connectivity index (χ4v) is 4.18. The smallest absolute Gasteiger partial charge is 0.251 e. The van der Waals surface area contributed by atoms with Crippen LogP contribution in [0.4, 0.5) is 0 Å². The Bertz CT molecular complexity index is 754. The average molecular weight is 522 g/mol. The highest BCUT2D eigenvalue weighted by molar-refractivity contribution is 6.23. The summed E-state index contributed by atoms with van der Waals surface area (Å²) < 4.78 is 11.7. The van der Waals surface area contributed by atoms with Crippen LogP contribution in [0.1, 0.15) is 102 Å². The molecule has 206 valence electrons. The zero-order valence-electron chi connectivity index (χ0n) is 23.9. The first kappa shape index (κ1) is 32.7. The van der Waals surface area contributed by atoms with Gasteiger partial charge in [0.2, 0.25) is 0 Å². The van der Waals surface area contributed by atoms with E-state index in [0.29, 0.717) is 31.9 Å².